The molecule has 1 amide bonds. The summed E-state index contributed by atoms with van der Waals surface area (Å²) >= 11 is 0. The van der Waals surface area contributed by atoms with E-state index in [1.807, 2.05) is 36.4 Å². The highest BCUT2D eigenvalue weighted by atomic mass is 16.5. The van der Waals surface area contributed by atoms with Crippen molar-refractivity contribution in [2.75, 3.05) is 20.2 Å². The number of carbonyl (C=O) groups is 2. The lowest BCUT2D eigenvalue weighted by Crippen LogP contribution is -2.55. The summed E-state index contributed by atoms with van der Waals surface area (Å²) in [5, 5.41) is 8.79. The molecule has 0 saturated carbocycles. The van der Waals surface area contributed by atoms with Crippen molar-refractivity contribution in [3.05, 3.63) is 54.1 Å². The van der Waals surface area contributed by atoms with Crippen molar-refractivity contribution in [2.24, 2.45) is 0 Å². The van der Waals surface area contributed by atoms with Crippen LogP contribution in [0.15, 0.2) is 48.5 Å². The average molecular weight is 327 g/mol. The van der Waals surface area contributed by atoms with Gasteiger partial charge in [0, 0.05) is 0 Å². The Morgan fingerprint density at radius 1 is 1.00 bits per heavy atom. The summed E-state index contributed by atoms with van der Waals surface area (Å²) in [5.74, 6) is 0.348. The van der Waals surface area contributed by atoms with Crippen LogP contribution >= 0.6 is 0 Å². The van der Waals surface area contributed by atoms with E-state index < -0.39 is 6.09 Å². The van der Waals surface area contributed by atoms with Crippen LogP contribution in [0.25, 0.3) is 11.1 Å². The SMILES string of the molecule is COC(=O)c1ccc(-c2ccc(OC3CN(C(=O)O)C3)cc2)cc1. The van der Waals surface area contributed by atoms with Gasteiger partial charge in [0.25, 0.3) is 0 Å². The number of amides is 1. The zero-order valence-corrected chi connectivity index (χ0v) is 13.1. The smallest absolute Gasteiger partial charge is 0.407 e. The largest absolute Gasteiger partial charge is 0.487 e. The molecular formula is C18H17NO5. The third-order valence-electron chi connectivity index (χ3n) is 3.91. The number of ether oxygens (including phenoxy) is 2. The molecule has 1 N–H and O–H groups in total. The van der Waals surface area contributed by atoms with Gasteiger partial charge in [0.15, 0.2) is 0 Å². The molecule has 1 saturated heterocycles. The summed E-state index contributed by atoms with van der Waals surface area (Å²) in [6, 6.07) is 14.7. The summed E-state index contributed by atoms with van der Waals surface area (Å²) in [7, 11) is 1.35. The molecule has 6 heteroatoms. The zero-order valence-electron chi connectivity index (χ0n) is 13.1. The highest BCUT2D eigenvalue weighted by Crippen LogP contribution is 2.24. The van der Waals surface area contributed by atoms with E-state index in [1.165, 1.54) is 12.0 Å². The van der Waals surface area contributed by atoms with Gasteiger partial charge in [-0.05, 0) is 35.4 Å². The summed E-state index contributed by atoms with van der Waals surface area (Å²) in [6.45, 7) is 0.790. The molecule has 2 aromatic rings. The Kier molecular flexibility index (Phi) is 4.37. The molecule has 1 heterocycles. The van der Waals surface area contributed by atoms with Gasteiger partial charge in [-0.3, -0.25) is 0 Å². The highest BCUT2D eigenvalue weighted by molar-refractivity contribution is 5.89. The Bertz CT molecular complexity index is 733. The van der Waals surface area contributed by atoms with E-state index in [1.54, 1.807) is 12.1 Å². The van der Waals surface area contributed by atoms with Crippen molar-refractivity contribution in [3.63, 3.8) is 0 Å². The predicted octanol–water partition coefficient (Wildman–Crippen LogP) is 2.88. The van der Waals surface area contributed by atoms with Gasteiger partial charge in [-0.1, -0.05) is 24.3 Å². The van der Waals surface area contributed by atoms with Crippen molar-refractivity contribution in [2.45, 2.75) is 6.10 Å². The van der Waals surface area contributed by atoms with Gasteiger partial charge in [-0.15, -0.1) is 0 Å². The highest BCUT2D eigenvalue weighted by Gasteiger charge is 2.31. The summed E-state index contributed by atoms with van der Waals surface area (Å²) in [6.07, 6.45) is -1.01. The Morgan fingerprint density at radius 2 is 1.54 bits per heavy atom. The van der Waals surface area contributed by atoms with Crippen molar-refractivity contribution >= 4 is 12.1 Å². The molecule has 0 unspecified atom stereocenters. The number of benzene rings is 2. The number of nitrogens with zero attached hydrogens (tertiary/aromatic N) is 1. The van der Waals surface area contributed by atoms with E-state index in [0.29, 0.717) is 24.4 Å². The zero-order chi connectivity index (χ0) is 17.1. The molecule has 0 aromatic heterocycles. The molecule has 1 aliphatic rings. The number of hydrogen-bond donors (Lipinski definition) is 1. The molecule has 1 aliphatic heterocycles. The Hall–Kier alpha value is -3.02. The van der Waals surface area contributed by atoms with E-state index in [2.05, 4.69) is 4.74 Å². The van der Waals surface area contributed by atoms with Crippen LogP contribution in [-0.2, 0) is 4.74 Å². The van der Waals surface area contributed by atoms with Gasteiger partial charge < -0.3 is 19.5 Å². The maximum absolute atomic E-state index is 11.4. The van der Waals surface area contributed by atoms with Crippen molar-refractivity contribution in [1.29, 1.82) is 0 Å². The van der Waals surface area contributed by atoms with Gasteiger partial charge in [-0.25, -0.2) is 9.59 Å². The van der Waals surface area contributed by atoms with E-state index in [9.17, 15) is 9.59 Å². The van der Waals surface area contributed by atoms with Gasteiger partial charge in [0.05, 0.1) is 25.8 Å². The van der Waals surface area contributed by atoms with Crippen LogP contribution in [0.3, 0.4) is 0 Å². The number of rotatable bonds is 4. The van der Waals surface area contributed by atoms with Crippen LogP contribution in [-0.4, -0.2) is 48.4 Å². The first-order valence-corrected chi connectivity index (χ1v) is 7.50. The maximum Gasteiger partial charge on any atom is 0.407 e. The molecule has 3 rings (SSSR count). The molecule has 0 bridgehead atoms. The lowest BCUT2D eigenvalue weighted by molar-refractivity contribution is 0.0252. The Labute approximate surface area is 139 Å². The lowest BCUT2D eigenvalue weighted by Gasteiger charge is -2.36. The fourth-order valence-electron chi connectivity index (χ4n) is 2.50. The third-order valence-corrected chi connectivity index (χ3v) is 3.91. The number of hydrogen-bond acceptors (Lipinski definition) is 4. The van der Waals surface area contributed by atoms with E-state index in [4.69, 9.17) is 9.84 Å². The number of methoxy groups -OCH3 is 1. The maximum atomic E-state index is 11.4. The lowest BCUT2D eigenvalue weighted by atomic mass is 10.0. The number of carboxylic acid groups (broad SMARTS) is 1. The second-order valence-electron chi connectivity index (χ2n) is 5.52. The molecule has 2 aromatic carbocycles. The van der Waals surface area contributed by atoms with E-state index in [0.717, 1.165) is 11.1 Å². The molecule has 0 aliphatic carbocycles. The minimum atomic E-state index is -0.916. The molecule has 0 radical (unpaired) electrons. The van der Waals surface area contributed by atoms with Gasteiger partial charge in [0.1, 0.15) is 11.9 Å². The summed E-state index contributed by atoms with van der Waals surface area (Å²) in [5.41, 5.74) is 2.49. The van der Waals surface area contributed by atoms with Crippen molar-refractivity contribution < 1.29 is 24.2 Å². The van der Waals surface area contributed by atoms with Crippen molar-refractivity contribution in [1.82, 2.24) is 4.90 Å². The van der Waals surface area contributed by atoms with Crippen LogP contribution in [0.4, 0.5) is 4.79 Å². The van der Waals surface area contributed by atoms with Gasteiger partial charge in [-0.2, -0.15) is 0 Å². The second kappa shape index (κ2) is 6.62. The standard InChI is InChI=1S/C18H17NO5/c1-23-17(20)14-4-2-12(3-5-14)13-6-8-15(9-7-13)24-16-10-19(11-16)18(21)22/h2-9,16H,10-11H2,1H3,(H,21,22). The average Bonchev–Trinajstić information content (AvgIpc) is 2.57. The number of carbonyl (C=O) groups excluding carboxylic acids is 1. The fourth-order valence-corrected chi connectivity index (χ4v) is 2.50. The first-order valence-electron chi connectivity index (χ1n) is 7.50. The monoisotopic (exact) mass is 327 g/mol. The minimum absolute atomic E-state index is 0.0914. The minimum Gasteiger partial charge on any atom is -0.487 e. The molecule has 1 fully saturated rings. The quantitative estimate of drug-likeness (QED) is 0.874. The molecular weight excluding hydrogens is 310 g/mol. The molecule has 0 atom stereocenters. The Balaban J connectivity index is 1.62. The number of likely N-dealkylation sites (tertiary alicyclic amines) is 1. The van der Waals surface area contributed by atoms with E-state index in [-0.39, 0.29) is 12.1 Å². The van der Waals surface area contributed by atoms with Crippen LogP contribution in [0, 0.1) is 0 Å². The van der Waals surface area contributed by atoms with Gasteiger partial charge >= 0.3 is 12.1 Å². The normalized spacial score (nSPS) is 14.0. The van der Waals surface area contributed by atoms with Crippen molar-refractivity contribution in [3.8, 4) is 16.9 Å². The summed E-state index contributed by atoms with van der Waals surface area (Å²) < 4.78 is 10.4. The van der Waals surface area contributed by atoms with E-state index >= 15 is 0 Å². The molecule has 124 valence electrons. The van der Waals surface area contributed by atoms with Crippen LogP contribution in [0.1, 0.15) is 10.4 Å². The number of esters is 1. The first-order chi connectivity index (χ1) is 11.6. The molecule has 24 heavy (non-hydrogen) atoms. The molecule has 0 spiro atoms. The topological polar surface area (TPSA) is 76.1 Å². The Morgan fingerprint density at radius 3 is 2.04 bits per heavy atom. The van der Waals surface area contributed by atoms with Crippen LogP contribution < -0.4 is 4.74 Å². The summed E-state index contributed by atoms with van der Waals surface area (Å²) in [4.78, 5) is 23.4. The first kappa shape index (κ1) is 15.9. The van der Waals surface area contributed by atoms with Crippen LogP contribution in [0.2, 0.25) is 0 Å². The second-order valence-corrected chi connectivity index (χ2v) is 5.52. The van der Waals surface area contributed by atoms with Gasteiger partial charge in [0.2, 0.25) is 0 Å². The third kappa shape index (κ3) is 3.32. The van der Waals surface area contributed by atoms with Crippen LogP contribution in [0.5, 0.6) is 5.75 Å². The molecule has 6 nitrogen and oxygen atoms in total. The predicted molar refractivity (Wildman–Crippen MR) is 87.2 cm³/mol. The fraction of sp³-hybridized carbons (Fsp3) is 0.222.